The van der Waals surface area contributed by atoms with E-state index < -0.39 is 8.07 Å². The molecule has 0 aromatic rings. The minimum Gasteiger partial charge on any atom is -0.0687 e. The molecule has 0 heterocycles. The Labute approximate surface area is 91.5 Å². The lowest BCUT2D eigenvalue weighted by Crippen LogP contribution is -2.38. The summed E-state index contributed by atoms with van der Waals surface area (Å²) in [5.74, 6) is 0. The van der Waals surface area contributed by atoms with Gasteiger partial charge in [0.25, 0.3) is 0 Å². The van der Waals surface area contributed by atoms with Gasteiger partial charge in [-0.2, -0.15) is 0 Å². The van der Waals surface area contributed by atoms with Crippen LogP contribution in [0.5, 0.6) is 0 Å². The Bertz CT molecular complexity index is 153. The first kappa shape index (κ1) is 12.3. The predicted molar refractivity (Wildman–Crippen MR) is 68.1 cm³/mol. The van der Waals surface area contributed by atoms with E-state index in [9.17, 15) is 0 Å². The van der Waals surface area contributed by atoms with Crippen LogP contribution in [-0.4, -0.2) is 8.07 Å². The highest BCUT2D eigenvalue weighted by atomic mass is 28.3. The molecule has 0 N–H and O–H groups in total. The second kappa shape index (κ2) is 5.34. The zero-order valence-corrected chi connectivity index (χ0v) is 11.5. The molecule has 1 rings (SSSR count). The highest BCUT2D eigenvalue weighted by Gasteiger charge is 2.34. The van der Waals surface area contributed by atoms with E-state index in [1.165, 1.54) is 44.9 Å². The van der Waals surface area contributed by atoms with Crippen LogP contribution in [-0.2, 0) is 0 Å². The number of hydrogen-bond acceptors (Lipinski definition) is 0. The molecule has 0 aliphatic heterocycles. The van der Waals surface area contributed by atoms with Crippen molar-refractivity contribution < 1.29 is 0 Å². The van der Waals surface area contributed by atoms with E-state index in [2.05, 4.69) is 26.9 Å². The Kier molecular flexibility index (Phi) is 4.69. The topological polar surface area (TPSA) is 0 Å². The standard InChI is InChI=1S/C13H27Si/c1-12(2)14(3,4)13-10-8-6-5-7-9-11-13/h12H,5-11H2,1-4H3. The van der Waals surface area contributed by atoms with Gasteiger partial charge in [-0.05, 0) is 18.4 Å². The van der Waals surface area contributed by atoms with Crippen LogP contribution in [0.1, 0.15) is 58.8 Å². The smallest absolute Gasteiger partial charge is 0.0564 e. The Morgan fingerprint density at radius 1 is 0.857 bits per heavy atom. The molecule has 0 nitrogen and oxygen atoms in total. The molecule has 0 saturated heterocycles. The number of rotatable bonds is 2. The highest BCUT2D eigenvalue weighted by Crippen LogP contribution is 2.37. The zero-order chi connectivity index (χ0) is 10.6. The molecule has 0 atom stereocenters. The molecule has 0 spiro atoms. The average Bonchev–Trinajstić information content (AvgIpc) is 2.01. The van der Waals surface area contributed by atoms with E-state index >= 15 is 0 Å². The van der Waals surface area contributed by atoms with Gasteiger partial charge in [0.15, 0.2) is 0 Å². The van der Waals surface area contributed by atoms with Crippen molar-refractivity contribution in [3.63, 3.8) is 0 Å². The molecule has 14 heavy (non-hydrogen) atoms. The van der Waals surface area contributed by atoms with Gasteiger partial charge >= 0.3 is 0 Å². The Hall–Kier alpha value is 0.217. The van der Waals surface area contributed by atoms with E-state index in [0.717, 1.165) is 5.54 Å². The van der Waals surface area contributed by atoms with E-state index in [-0.39, 0.29) is 0 Å². The molecule has 0 unspecified atom stereocenters. The fraction of sp³-hybridized carbons (Fsp3) is 0.923. The maximum Gasteiger partial charge on any atom is 0.0564 e. The van der Waals surface area contributed by atoms with Gasteiger partial charge in [-0.3, -0.25) is 0 Å². The van der Waals surface area contributed by atoms with Gasteiger partial charge in [0.1, 0.15) is 0 Å². The van der Waals surface area contributed by atoms with Crippen molar-refractivity contribution in [2.24, 2.45) is 0 Å². The molecule has 0 aromatic carbocycles. The van der Waals surface area contributed by atoms with Crippen LogP contribution in [0.4, 0.5) is 0 Å². The van der Waals surface area contributed by atoms with Crippen LogP contribution in [0.15, 0.2) is 0 Å². The van der Waals surface area contributed by atoms with Crippen LogP contribution in [0, 0.1) is 5.54 Å². The molecule has 0 bridgehead atoms. The third kappa shape index (κ3) is 3.11. The quantitative estimate of drug-likeness (QED) is 0.566. The van der Waals surface area contributed by atoms with Crippen molar-refractivity contribution in [2.75, 3.05) is 0 Å². The summed E-state index contributed by atoms with van der Waals surface area (Å²) in [4.78, 5) is 0. The van der Waals surface area contributed by atoms with Crippen LogP contribution in [0.3, 0.4) is 0 Å². The molecular weight excluding hydrogens is 184 g/mol. The van der Waals surface area contributed by atoms with Gasteiger partial charge in [-0.15, -0.1) is 0 Å². The predicted octanol–water partition coefficient (Wildman–Crippen LogP) is 4.96. The third-order valence-electron chi connectivity index (χ3n) is 4.31. The molecular formula is C13H27Si. The van der Waals surface area contributed by atoms with Gasteiger partial charge < -0.3 is 0 Å². The lowest BCUT2D eigenvalue weighted by atomic mass is 10.0. The fourth-order valence-electron chi connectivity index (χ4n) is 2.38. The minimum absolute atomic E-state index is 0.928. The summed E-state index contributed by atoms with van der Waals surface area (Å²) in [6.45, 7) is 10.0. The van der Waals surface area contributed by atoms with Gasteiger partial charge in [-0.1, -0.05) is 64.6 Å². The monoisotopic (exact) mass is 211 g/mol. The van der Waals surface area contributed by atoms with Crippen LogP contribution in [0.2, 0.25) is 18.6 Å². The Morgan fingerprint density at radius 2 is 1.29 bits per heavy atom. The molecule has 1 heteroatoms. The van der Waals surface area contributed by atoms with Crippen molar-refractivity contribution in [2.45, 2.75) is 77.4 Å². The summed E-state index contributed by atoms with van der Waals surface area (Å²) in [6, 6.07) is 0. The van der Waals surface area contributed by atoms with Crippen molar-refractivity contribution in [1.82, 2.24) is 0 Å². The molecule has 0 amide bonds. The van der Waals surface area contributed by atoms with Crippen molar-refractivity contribution in [3.05, 3.63) is 5.54 Å². The van der Waals surface area contributed by atoms with E-state index in [1.54, 1.807) is 0 Å². The van der Waals surface area contributed by atoms with Gasteiger partial charge in [0, 0.05) is 0 Å². The van der Waals surface area contributed by atoms with E-state index in [1.807, 2.05) is 5.54 Å². The molecule has 1 fully saturated rings. The third-order valence-corrected chi connectivity index (χ3v) is 9.52. The molecule has 1 aliphatic rings. The van der Waals surface area contributed by atoms with Crippen molar-refractivity contribution in [3.8, 4) is 0 Å². The van der Waals surface area contributed by atoms with E-state index in [0.29, 0.717) is 0 Å². The van der Waals surface area contributed by atoms with Gasteiger partial charge in [-0.25, -0.2) is 0 Å². The molecule has 83 valence electrons. The van der Waals surface area contributed by atoms with Crippen molar-refractivity contribution >= 4 is 8.07 Å². The summed E-state index contributed by atoms with van der Waals surface area (Å²) in [5, 5.41) is 0. The maximum absolute atomic E-state index is 2.58. The SMILES string of the molecule is CC(C)[Si](C)(C)[C]1CCCCCCC1. The van der Waals surface area contributed by atoms with E-state index in [4.69, 9.17) is 0 Å². The Morgan fingerprint density at radius 3 is 1.71 bits per heavy atom. The van der Waals surface area contributed by atoms with Crippen LogP contribution < -0.4 is 0 Å². The van der Waals surface area contributed by atoms with Crippen molar-refractivity contribution in [1.29, 1.82) is 0 Å². The Balaban J connectivity index is 2.54. The second-order valence-corrected chi connectivity index (χ2v) is 11.1. The number of hydrogen-bond donors (Lipinski definition) is 0. The van der Waals surface area contributed by atoms with Crippen LogP contribution >= 0.6 is 0 Å². The second-order valence-electron chi connectivity index (χ2n) is 5.75. The van der Waals surface area contributed by atoms with Crippen LogP contribution in [0.25, 0.3) is 0 Å². The lowest BCUT2D eigenvalue weighted by molar-refractivity contribution is 0.547. The van der Waals surface area contributed by atoms with Gasteiger partial charge in [0.05, 0.1) is 8.07 Å². The molecule has 0 aromatic heterocycles. The normalized spacial score (nSPS) is 22.1. The largest absolute Gasteiger partial charge is 0.0687 e. The maximum atomic E-state index is 2.58. The first-order valence-corrected chi connectivity index (χ1v) is 9.48. The molecule has 1 saturated carbocycles. The minimum atomic E-state index is -1.02. The first-order valence-electron chi connectivity index (χ1n) is 6.40. The average molecular weight is 211 g/mol. The summed E-state index contributed by atoms with van der Waals surface area (Å²) in [5.41, 5.74) is 2.91. The summed E-state index contributed by atoms with van der Waals surface area (Å²) < 4.78 is 0. The summed E-state index contributed by atoms with van der Waals surface area (Å²) in [7, 11) is -1.02. The highest BCUT2D eigenvalue weighted by molar-refractivity contribution is 6.83. The summed E-state index contributed by atoms with van der Waals surface area (Å²) in [6.07, 6.45) is 10.3. The molecule has 1 radical (unpaired) electrons. The fourth-order valence-corrected chi connectivity index (χ4v) is 4.84. The van der Waals surface area contributed by atoms with Gasteiger partial charge in [0.2, 0.25) is 0 Å². The first-order chi connectivity index (χ1) is 6.55. The zero-order valence-electron chi connectivity index (χ0n) is 10.5. The molecule has 1 aliphatic carbocycles. The lowest BCUT2D eigenvalue weighted by Gasteiger charge is -2.37. The summed E-state index contributed by atoms with van der Waals surface area (Å²) >= 11 is 0.